The molecule has 1 unspecified atom stereocenters. The van der Waals surface area contributed by atoms with Crippen molar-refractivity contribution in [1.29, 1.82) is 0 Å². The van der Waals surface area contributed by atoms with Crippen LogP contribution in [0.15, 0.2) is 84.0 Å². The average molecular weight is 526 g/mol. The largest absolute Gasteiger partial charge is 0.468 e. The summed E-state index contributed by atoms with van der Waals surface area (Å²) in [4.78, 5) is 20.8. The van der Waals surface area contributed by atoms with Crippen molar-refractivity contribution < 1.29 is 27.5 Å². The van der Waals surface area contributed by atoms with Crippen molar-refractivity contribution in [3.63, 3.8) is 0 Å². The molecule has 0 saturated carbocycles. The minimum absolute atomic E-state index is 0.432. The number of carbonyl (C=O) groups is 1. The van der Waals surface area contributed by atoms with E-state index in [9.17, 15) is 18.0 Å². The summed E-state index contributed by atoms with van der Waals surface area (Å²) in [6.45, 7) is 2.39. The molecule has 0 bridgehead atoms. The number of piperazine rings is 1. The molecule has 0 amide bonds. The number of alkyl halides is 3. The molecule has 200 valence electrons. The predicted molar refractivity (Wildman–Crippen MR) is 140 cm³/mol. The van der Waals surface area contributed by atoms with E-state index >= 15 is 0 Å². The van der Waals surface area contributed by atoms with Gasteiger partial charge in [-0.25, -0.2) is 0 Å². The molecule has 0 aliphatic carbocycles. The Kier molecular flexibility index (Phi) is 9.37. The molecule has 1 saturated heterocycles. The highest BCUT2D eigenvalue weighted by Crippen LogP contribution is 2.32. The Morgan fingerprint density at radius 2 is 1.63 bits per heavy atom. The second-order valence-electron chi connectivity index (χ2n) is 8.95. The molecule has 0 spiro atoms. The van der Waals surface area contributed by atoms with Gasteiger partial charge >= 0.3 is 6.18 Å². The molecule has 4 rings (SSSR count). The number of oxime groups is 1. The van der Waals surface area contributed by atoms with Crippen LogP contribution in [0.1, 0.15) is 23.1 Å². The first-order valence-electron chi connectivity index (χ1n) is 12.5. The number of aryl methyl sites for hydroxylation is 1. The zero-order valence-corrected chi connectivity index (χ0v) is 20.9. The van der Waals surface area contributed by atoms with E-state index in [-0.39, 0.29) is 0 Å². The molecule has 0 aromatic heterocycles. The van der Waals surface area contributed by atoms with E-state index in [0.717, 1.165) is 42.4 Å². The van der Waals surface area contributed by atoms with Crippen molar-refractivity contribution >= 4 is 18.2 Å². The molecule has 6 nitrogen and oxygen atoms in total. The summed E-state index contributed by atoms with van der Waals surface area (Å²) in [6.07, 6.45) is -1.14. The van der Waals surface area contributed by atoms with Crippen LogP contribution >= 0.6 is 0 Å². The number of ether oxygens (including phenoxy) is 1. The maximum absolute atomic E-state index is 13.0. The number of anilines is 1. The van der Waals surface area contributed by atoms with Crippen LogP contribution < -0.4 is 9.64 Å². The first-order valence-corrected chi connectivity index (χ1v) is 12.5. The van der Waals surface area contributed by atoms with E-state index in [1.165, 1.54) is 6.07 Å². The minimum Gasteiger partial charge on any atom is -0.468 e. The van der Waals surface area contributed by atoms with Crippen LogP contribution in [0.2, 0.25) is 0 Å². The number of hydrogen-bond acceptors (Lipinski definition) is 6. The fraction of sp³-hybridized carbons (Fsp3) is 0.310. The van der Waals surface area contributed by atoms with E-state index in [0.29, 0.717) is 44.2 Å². The van der Waals surface area contributed by atoms with Crippen molar-refractivity contribution in [2.75, 3.05) is 31.1 Å². The summed E-state index contributed by atoms with van der Waals surface area (Å²) in [7, 11) is 0. The highest BCUT2D eigenvalue weighted by atomic mass is 19.4. The Hall–Kier alpha value is -3.85. The lowest BCUT2D eigenvalue weighted by Gasteiger charge is -2.38. The third-order valence-electron chi connectivity index (χ3n) is 6.29. The SMILES string of the molecule is O=CC(Oc1ccc(CCC=NOCc2ccccc2)cc1)N1CCN(c2cccc(C(F)(F)F)c2)CC1. The van der Waals surface area contributed by atoms with E-state index in [1.807, 2.05) is 64.4 Å². The molecule has 3 aromatic rings. The van der Waals surface area contributed by atoms with Gasteiger partial charge in [0.25, 0.3) is 0 Å². The standard InChI is InChI=1S/C29H30F3N3O3/c30-29(31,32)25-9-4-10-26(20-25)34-16-18-35(19-17-34)28(21-36)38-27-13-11-23(12-14-27)8-5-15-33-37-22-24-6-2-1-3-7-24/h1-4,6-7,9-15,20-21,28H,5,8,16-19,22H2. The zero-order valence-electron chi connectivity index (χ0n) is 20.9. The van der Waals surface area contributed by atoms with Gasteiger partial charge < -0.3 is 14.5 Å². The van der Waals surface area contributed by atoms with Gasteiger partial charge in [-0.1, -0.05) is 53.7 Å². The molecule has 3 aromatic carbocycles. The predicted octanol–water partition coefficient (Wildman–Crippen LogP) is 5.57. The Bertz CT molecular complexity index is 1180. The van der Waals surface area contributed by atoms with E-state index in [1.54, 1.807) is 12.3 Å². The van der Waals surface area contributed by atoms with Crippen LogP contribution in [0.5, 0.6) is 5.75 Å². The quantitative estimate of drug-likeness (QED) is 0.186. The lowest BCUT2D eigenvalue weighted by atomic mass is 10.1. The minimum atomic E-state index is -4.38. The molecule has 1 atom stereocenters. The highest BCUT2D eigenvalue weighted by molar-refractivity contribution is 5.57. The second kappa shape index (κ2) is 13.1. The Labute approximate surface area is 220 Å². The van der Waals surface area contributed by atoms with Crippen molar-refractivity contribution in [3.05, 3.63) is 95.6 Å². The summed E-state index contributed by atoms with van der Waals surface area (Å²) in [6, 6.07) is 22.7. The maximum Gasteiger partial charge on any atom is 0.416 e. The molecular weight excluding hydrogens is 495 g/mol. The van der Waals surface area contributed by atoms with E-state index in [2.05, 4.69) is 5.16 Å². The summed E-state index contributed by atoms with van der Waals surface area (Å²) >= 11 is 0. The van der Waals surface area contributed by atoms with Crippen LogP contribution in [0, 0.1) is 0 Å². The number of hydrogen-bond donors (Lipinski definition) is 0. The summed E-state index contributed by atoms with van der Waals surface area (Å²) in [5, 5.41) is 3.99. The van der Waals surface area contributed by atoms with Gasteiger partial charge in [-0.15, -0.1) is 0 Å². The Morgan fingerprint density at radius 3 is 2.32 bits per heavy atom. The van der Waals surface area contributed by atoms with Crippen molar-refractivity contribution in [3.8, 4) is 5.75 Å². The number of halogens is 3. The maximum atomic E-state index is 13.0. The third-order valence-corrected chi connectivity index (χ3v) is 6.29. The van der Waals surface area contributed by atoms with Gasteiger partial charge in [-0.05, 0) is 54.3 Å². The fourth-order valence-corrected chi connectivity index (χ4v) is 4.20. The third kappa shape index (κ3) is 7.82. The molecule has 9 heteroatoms. The van der Waals surface area contributed by atoms with Crippen molar-refractivity contribution in [1.82, 2.24) is 4.90 Å². The fourth-order valence-electron chi connectivity index (χ4n) is 4.20. The first kappa shape index (κ1) is 27.2. The Balaban J connectivity index is 1.21. The molecule has 0 radical (unpaired) electrons. The van der Waals surface area contributed by atoms with Crippen LogP contribution in [0.4, 0.5) is 18.9 Å². The number of rotatable bonds is 11. The van der Waals surface area contributed by atoms with Gasteiger partial charge in [0.15, 0.2) is 6.29 Å². The van der Waals surface area contributed by atoms with Gasteiger partial charge in [-0.3, -0.25) is 9.69 Å². The number of benzene rings is 3. The van der Waals surface area contributed by atoms with E-state index in [4.69, 9.17) is 9.57 Å². The molecule has 1 heterocycles. The molecular formula is C29H30F3N3O3. The summed E-state index contributed by atoms with van der Waals surface area (Å²) in [5.41, 5.74) is 2.01. The summed E-state index contributed by atoms with van der Waals surface area (Å²) in [5.74, 6) is 0.575. The topological polar surface area (TPSA) is 54.4 Å². The second-order valence-corrected chi connectivity index (χ2v) is 8.95. The lowest BCUT2D eigenvalue weighted by Crippen LogP contribution is -2.52. The normalized spacial score (nSPS) is 15.4. The lowest BCUT2D eigenvalue weighted by molar-refractivity contribution is -0.137. The van der Waals surface area contributed by atoms with Crippen LogP contribution in [0.25, 0.3) is 0 Å². The Morgan fingerprint density at radius 1 is 0.895 bits per heavy atom. The molecule has 0 N–H and O–H groups in total. The van der Waals surface area contributed by atoms with Crippen LogP contribution in [-0.4, -0.2) is 49.8 Å². The van der Waals surface area contributed by atoms with Gasteiger partial charge in [0.1, 0.15) is 12.4 Å². The van der Waals surface area contributed by atoms with Crippen LogP contribution in [-0.2, 0) is 28.8 Å². The van der Waals surface area contributed by atoms with Gasteiger partial charge in [-0.2, -0.15) is 13.2 Å². The highest BCUT2D eigenvalue weighted by Gasteiger charge is 2.31. The molecule has 1 aliphatic rings. The number of nitrogens with zero attached hydrogens (tertiary/aromatic N) is 3. The average Bonchev–Trinajstić information content (AvgIpc) is 2.94. The molecule has 1 aliphatic heterocycles. The van der Waals surface area contributed by atoms with Crippen LogP contribution in [0.3, 0.4) is 0 Å². The van der Waals surface area contributed by atoms with Crippen molar-refractivity contribution in [2.45, 2.75) is 31.9 Å². The van der Waals surface area contributed by atoms with Gasteiger partial charge in [0.05, 0.1) is 5.56 Å². The monoisotopic (exact) mass is 525 g/mol. The summed E-state index contributed by atoms with van der Waals surface area (Å²) < 4.78 is 45.0. The molecule has 38 heavy (non-hydrogen) atoms. The molecule has 1 fully saturated rings. The van der Waals surface area contributed by atoms with E-state index < -0.39 is 18.0 Å². The smallest absolute Gasteiger partial charge is 0.416 e. The van der Waals surface area contributed by atoms with Gasteiger partial charge in [0.2, 0.25) is 6.23 Å². The van der Waals surface area contributed by atoms with Crippen molar-refractivity contribution in [2.24, 2.45) is 5.16 Å². The number of aldehydes is 1. The zero-order chi connectivity index (χ0) is 26.8. The number of carbonyl (C=O) groups excluding carboxylic acids is 1. The first-order chi connectivity index (χ1) is 18.4. The van der Waals surface area contributed by atoms with Gasteiger partial charge in [0, 0.05) is 38.1 Å².